The fourth-order valence-electron chi connectivity index (χ4n) is 4.89. The highest BCUT2D eigenvalue weighted by Gasteiger charge is 2.38. The number of hydrogen-bond acceptors (Lipinski definition) is 7. The van der Waals surface area contributed by atoms with Crippen LogP contribution in [-0.4, -0.2) is 81.1 Å². The number of carbonyl (C=O) groups is 1. The number of piperazine rings is 2. The highest BCUT2D eigenvalue weighted by molar-refractivity contribution is 5.83. The van der Waals surface area contributed by atoms with Gasteiger partial charge in [0.1, 0.15) is 11.9 Å². The SMILES string of the molecule is Cc1nc(-c2ccc(CCN3CCN4CCN(C#N)CC4C3=O)c(-c3cccc(C#N)c3)c2)n[nH]1. The molecule has 0 aliphatic carbocycles. The number of nitrogens with zero attached hydrogens (tertiary/aromatic N) is 7. The summed E-state index contributed by atoms with van der Waals surface area (Å²) in [6, 6.07) is 15.6. The molecule has 1 N–H and O–H groups in total. The van der Waals surface area contributed by atoms with Crippen molar-refractivity contribution in [2.24, 2.45) is 0 Å². The normalized spacial score (nSPS) is 18.1. The van der Waals surface area contributed by atoms with E-state index in [1.807, 2.05) is 36.1 Å². The van der Waals surface area contributed by atoms with E-state index in [-0.39, 0.29) is 11.9 Å². The van der Waals surface area contributed by atoms with Gasteiger partial charge in [-0.05, 0) is 48.2 Å². The number of benzene rings is 2. The third-order valence-electron chi connectivity index (χ3n) is 6.81. The van der Waals surface area contributed by atoms with Crippen LogP contribution in [-0.2, 0) is 11.2 Å². The van der Waals surface area contributed by atoms with Gasteiger partial charge in [0.05, 0.1) is 18.2 Å². The van der Waals surface area contributed by atoms with Crippen molar-refractivity contribution >= 4 is 5.91 Å². The summed E-state index contributed by atoms with van der Waals surface area (Å²) in [7, 11) is 0. The number of aryl methyl sites for hydroxylation is 1. The first-order valence-corrected chi connectivity index (χ1v) is 11.8. The van der Waals surface area contributed by atoms with Crippen molar-refractivity contribution in [1.82, 2.24) is 29.9 Å². The van der Waals surface area contributed by atoms with Gasteiger partial charge in [0.2, 0.25) is 5.91 Å². The summed E-state index contributed by atoms with van der Waals surface area (Å²) in [4.78, 5) is 23.5. The third kappa shape index (κ3) is 4.59. The summed E-state index contributed by atoms with van der Waals surface area (Å²) < 4.78 is 0. The molecule has 1 amide bonds. The number of H-pyrrole nitrogens is 1. The lowest BCUT2D eigenvalue weighted by Gasteiger charge is -2.45. The standard InChI is InChI=1S/C26H26N8O/c1-18-29-25(31-30-18)22-6-5-20(23(14-22)21-4-2-3-19(13-21)15-27)7-8-34-12-11-33-10-9-32(17-28)16-24(33)26(34)35/h2-6,13-14,24H,7-12,16H2,1H3,(H,29,30,31). The molecule has 1 atom stereocenters. The van der Waals surface area contributed by atoms with Crippen molar-refractivity contribution in [2.75, 3.05) is 39.3 Å². The number of nitrogens with one attached hydrogen (secondary N) is 1. The number of fused-ring (bicyclic) bond motifs is 1. The summed E-state index contributed by atoms with van der Waals surface area (Å²) in [5, 5.41) is 25.8. The average molecular weight is 467 g/mol. The molecule has 2 saturated heterocycles. The number of carbonyl (C=O) groups excluding carboxylic acids is 1. The van der Waals surface area contributed by atoms with Crippen LogP contribution in [0.2, 0.25) is 0 Å². The fourth-order valence-corrected chi connectivity index (χ4v) is 4.89. The monoisotopic (exact) mass is 466 g/mol. The fraction of sp³-hybridized carbons (Fsp3) is 0.346. The van der Waals surface area contributed by atoms with Gasteiger partial charge in [-0.3, -0.25) is 14.8 Å². The molecule has 1 aromatic heterocycles. The molecule has 2 aliphatic rings. The zero-order chi connectivity index (χ0) is 24.4. The molecule has 35 heavy (non-hydrogen) atoms. The van der Waals surface area contributed by atoms with Crippen LogP contribution < -0.4 is 0 Å². The predicted molar refractivity (Wildman–Crippen MR) is 130 cm³/mol. The number of rotatable bonds is 5. The Morgan fingerprint density at radius 2 is 1.94 bits per heavy atom. The zero-order valence-electron chi connectivity index (χ0n) is 19.6. The van der Waals surface area contributed by atoms with Crippen LogP contribution in [0, 0.1) is 29.7 Å². The van der Waals surface area contributed by atoms with Gasteiger partial charge in [0.25, 0.3) is 0 Å². The summed E-state index contributed by atoms with van der Waals surface area (Å²) >= 11 is 0. The largest absolute Gasteiger partial charge is 0.340 e. The molecule has 9 nitrogen and oxygen atoms in total. The number of aromatic nitrogens is 3. The van der Waals surface area contributed by atoms with Crippen LogP contribution in [0.5, 0.6) is 0 Å². The maximum atomic E-state index is 13.2. The van der Waals surface area contributed by atoms with Gasteiger partial charge in [-0.1, -0.05) is 24.3 Å². The van der Waals surface area contributed by atoms with E-state index < -0.39 is 0 Å². The Balaban J connectivity index is 1.40. The molecule has 0 saturated carbocycles. The van der Waals surface area contributed by atoms with Gasteiger partial charge < -0.3 is 9.80 Å². The quantitative estimate of drug-likeness (QED) is 0.573. The molecular formula is C26H26N8O. The Bertz CT molecular complexity index is 1330. The average Bonchev–Trinajstić information content (AvgIpc) is 3.34. The smallest absolute Gasteiger partial charge is 0.241 e. The molecule has 2 aromatic carbocycles. The van der Waals surface area contributed by atoms with Crippen molar-refractivity contribution in [3.63, 3.8) is 0 Å². The Kier molecular flexibility index (Phi) is 6.17. The first-order chi connectivity index (χ1) is 17.1. The van der Waals surface area contributed by atoms with E-state index in [0.29, 0.717) is 44.0 Å². The van der Waals surface area contributed by atoms with E-state index in [2.05, 4.69) is 44.5 Å². The van der Waals surface area contributed by atoms with Crippen molar-refractivity contribution < 1.29 is 4.79 Å². The Morgan fingerprint density at radius 1 is 1.09 bits per heavy atom. The number of hydrogen-bond donors (Lipinski definition) is 1. The van der Waals surface area contributed by atoms with E-state index in [0.717, 1.165) is 41.2 Å². The second-order valence-electron chi connectivity index (χ2n) is 8.98. The first-order valence-electron chi connectivity index (χ1n) is 11.8. The first kappa shape index (κ1) is 22.6. The van der Waals surface area contributed by atoms with Crippen LogP contribution in [0.4, 0.5) is 0 Å². The molecular weight excluding hydrogens is 440 g/mol. The summed E-state index contributed by atoms with van der Waals surface area (Å²) in [6.07, 6.45) is 2.87. The van der Waals surface area contributed by atoms with Gasteiger partial charge in [-0.15, -0.1) is 0 Å². The Labute approximate surface area is 204 Å². The Hall–Kier alpha value is -4.21. The molecule has 3 aromatic rings. The number of aromatic amines is 1. The third-order valence-corrected chi connectivity index (χ3v) is 6.81. The minimum atomic E-state index is -0.250. The van der Waals surface area contributed by atoms with Crippen molar-refractivity contribution in [3.05, 3.63) is 59.4 Å². The minimum Gasteiger partial charge on any atom is -0.340 e. The van der Waals surface area contributed by atoms with Crippen molar-refractivity contribution in [2.45, 2.75) is 19.4 Å². The summed E-state index contributed by atoms with van der Waals surface area (Å²) in [5.74, 6) is 1.46. The minimum absolute atomic E-state index is 0.0945. The predicted octanol–water partition coefficient (Wildman–Crippen LogP) is 2.17. The highest BCUT2D eigenvalue weighted by Crippen LogP contribution is 2.30. The molecule has 0 spiro atoms. The van der Waals surface area contributed by atoms with Crippen LogP contribution in [0.15, 0.2) is 42.5 Å². The van der Waals surface area contributed by atoms with Crippen LogP contribution in [0.1, 0.15) is 17.0 Å². The second kappa shape index (κ2) is 9.57. The maximum Gasteiger partial charge on any atom is 0.241 e. The van der Waals surface area contributed by atoms with E-state index >= 15 is 0 Å². The molecule has 0 radical (unpaired) electrons. The molecule has 176 valence electrons. The molecule has 9 heteroatoms. The highest BCUT2D eigenvalue weighted by atomic mass is 16.2. The summed E-state index contributed by atoms with van der Waals surface area (Å²) in [5.41, 5.74) is 4.52. The molecule has 1 unspecified atom stereocenters. The van der Waals surface area contributed by atoms with Crippen molar-refractivity contribution in [1.29, 1.82) is 10.5 Å². The van der Waals surface area contributed by atoms with E-state index in [4.69, 9.17) is 0 Å². The lowest BCUT2D eigenvalue weighted by Crippen LogP contribution is -2.64. The zero-order valence-corrected chi connectivity index (χ0v) is 19.6. The molecule has 2 aliphatic heterocycles. The Morgan fingerprint density at radius 3 is 2.71 bits per heavy atom. The van der Waals surface area contributed by atoms with Gasteiger partial charge in [-0.2, -0.15) is 15.6 Å². The molecule has 0 bridgehead atoms. The molecule has 5 rings (SSSR count). The van der Waals surface area contributed by atoms with E-state index in [1.54, 1.807) is 11.0 Å². The molecule has 2 fully saturated rings. The summed E-state index contributed by atoms with van der Waals surface area (Å²) in [6.45, 7) is 5.87. The van der Waals surface area contributed by atoms with Crippen LogP contribution >= 0.6 is 0 Å². The van der Waals surface area contributed by atoms with Gasteiger partial charge >= 0.3 is 0 Å². The van der Waals surface area contributed by atoms with Gasteiger partial charge in [-0.25, -0.2) is 4.98 Å². The topological polar surface area (TPSA) is 116 Å². The maximum absolute atomic E-state index is 13.2. The number of amides is 1. The second-order valence-corrected chi connectivity index (χ2v) is 8.98. The molecule has 3 heterocycles. The van der Waals surface area contributed by atoms with E-state index in [9.17, 15) is 15.3 Å². The lowest BCUT2D eigenvalue weighted by atomic mass is 9.94. The lowest BCUT2D eigenvalue weighted by molar-refractivity contribution is -0.144. The van der Waals surface area contributed by atoms with Gasteiger partial charge in [0, 0.05) is 38.3 Å². The van der Waals surface area contributed by atoms with Crippen LogP contribution in [0.25, 0.3) is 22.5 Å². The van der Waals surface area contributed by atoms with Crippen LogP contribution in [0.3, 0.4) is 0 Å². The number of nitriles is 2. The van der Waals surface area contributed by atoms with Gasteiger partial charge in [0.15, 0.2) is 12.0 Å². The van der Waals surface area contributed by atoms with Crippen molar-refractivity contribution in [3.8, 4) is 34.8 Å². The van der Waals surface area contributed by atoms with E-state index in [1.165, 1.54) is 0 Å².